The average Bonchev–Trinajstić information content (AvgIpc) is 3.27. The van der Waals surface area contributed by atoms with Gasteiger partial charge >= 0.3 is 29.7 Å². The number of hydrogen-bond donors (Lipinski definition) is 1. The maximum absolute atomic E-state index is 13.7. The Bertz CT molecular complexity index is 1390. The second-order valence-corrected chi connectivity index (χ2v) is 10.5. The molecule has 2 atom stereocenters. The Hall–Kier alpha value is -3.40. The summed E-state index contributed by atoms with van der Waals surface area (Å²) < 4.78 is 104. The number of alkyl halides is 6. The number of amides is 1. The van der Waals surface area contributed by atoms with Gasteiger partial charge in [0.2, 0.25) is 10.6 Å². The summed E-state index contributed by atoms with van der Waals surface area (Å²) in [6, 6.07) is 1.90. The predicted octanol–water partition coefficient (Wildman–Crippen LogP) is 5.85. The van der Waals surface area contributed by atoms with Crippen molar-refractivity contribution >= 4 is 58.2 Å². The zero-order valence-electron chi connectivity index (χ0n) is 21.9. The Labute approximate surface area is 252 Å². The number of ether oxygens (including phenoxy) is 2. The first-order valence-corrected chi connectivity index (χ1v) is 13.7. The van der Waals surface area contributed by atoms with E-state index in [2.05, 4.69) is 5.10 Å². The summed E-state index contributed by atoms with van der Waals surface area (Å²) in [6.07, 6.45) is -9.08. The van der Waals surface area contributed by atoms with Gasteiger partial charge in [-0.15, -0.1) is 18.3 Å². The Balaban J connectivity index is 2.80. The highest BCUT2D eigenvalue weighted by atomic mass is 35.5. The highest BCUT2D eigenvalue weighted by molar-refractivity contribution is 7.92. The third kappa shape index (κ3) is 8.81. The number of rotatable bonds is 11. The Morgan fingerprint density at radius 1 is 1.14 bits per heavy atom. The van der Waals surface area contributed by atoms with Crippen LogP contribution in [0.5, 0.6) is 0 Å². The minimum atomic E-state index is -5.57. The molecule has 2 unspecified atom stereocenters. The number of esters is 2. The van der Waals surface area contributed by atoms with E-state index < -0.39 is 104 Å². The predicted molar refractivity (Wildman–Crippen MR) is 137 cm³/mol. The van der Waals surface area contributed by atoms with Crippen LogP contribution in [0.3, 0.4) is 0 Å². The fraction of sp³-hybridized carbons (Fsp3) is 0.435. The molecule has 11 nitrogen and oxygen atoms in total. The molecule has 0 spiro atoms. The fourth-order valence-electron chi connectivity index (χ4n) is 3.38. The van der Waals surface area contributed by atoms with Gasteiger partial charge in [-0.2, -0.15) is 18.4 Å². The van der Waals surface area contributed by atoms with E-state index in [-0.39, 0.29) is 22.4 Å². The van der Waals surface area contributed by atoms with Gasteiger partial charge in [-0.3, -0.25) is 14.5 Å². The minimum absolute atomic E-state index is 0.0763. The second kappa shape index (κ2) is 14.4. The van der Waals surface area contributed by atoms with Gasteiger partial charge in [-0.25, -0.2) is 9.48 Å². The average molecular weight is 681 g/mol. The van der Waals surface area contributed by atoms with Gasteiger partial charge in [0.05, 0.1) is 15.6 Å². The molecule has 1 amide bonds. The van der Waals surface area contributed by atoms with Crippen LogP contribution in [0.4, 0.5) is 37.0 Å². The molecule has 0 saturated carbocycles. The van der Waals surface area contributed by atoms with E-state index in [1.165, 1.54) is 19.9 Å². The first-order valence-electron chi connectivity index (χ1n) is 11.8. The Morgan fingerprint density at radius 2 is 1.70 bits per heavy atom. The molecule has 0 radical (unpaired) electrons. The number of nitriles is 1. The lowest BCUT2D eigenvalue weighted by Crippen LogP contribution is -2.37. The monoisotopic (exact) mass is 680 g/mol. The summed E-state index contributed by atoms with van der Waals surface area (Å²) in [5.74, 6) is -2.73. The maximum atomic E-state index is 13.7. The third-order valence-electron chi connectivity index (χ3n) is 5.34. The lowest BCUT2D eigenvalue weighted by atomic mass is 10.2. The molecular formula is C23H20Cl2F6N4O7S. The van der Waals surface area contributed by atoms with E-state index in [0.29, 0.717) is 12.1 Å². The maximum Gasteiger partial charge on any atom is 0.578 e. The molecule has 236 valence electrons. The van der Waals surface area contributed by atoms with Crippen molar-refractivity contribution in [1.82, 2.24) is 9.78 Å². The molecule has 20 heteroatoms. The van der Waals surface area contributed by atoms with Crippen molar-refractivity contribution in [2.45, 2.75) is 55.8 Å². The standard InChI is InChI=1S/C23H20Cl2F6N4O7S/c1-3-16(36)41-10-12(42-17(37)4-2)5-6-34(21(38)39)20-19(43(40)23(29,30)31)15(9-32)33-35(20)18-13(24)7-11(8-14(18)25)22(26,27)28/h7-8,12H,3-6,10H2,1-2H3,(H,38,39). The van der Waals surface area contributed by atoms with E-state index in [4.69, 9.17) is 32.7 Å². The first-order chi connectivity index (χ1) is 19.9. The number of benzene rings is 1. The molecule has 0 aliphatic rings. The molecular weight excluding hydrogens is 661 g/mol. The Kier molecular flexibility index (Phi) is 12.0. The van der Waals surface area contributed by atoms with Crippen LogP contribution in [0, 0.1) is 11.3 Å². The molecule has 2 aromatic rings. The normalized spacial score (nSPS) is 13.2. The molecule has 0 aliphatic carbocycles. The van der Waals surface area contributed by atoms with E-state index in [1.807, 2.05) is 0 Å². The van der Waals surface area contributed by atoms with Crippen LogP contribution in [0.2, 0.25) is 10.0 Å². The number of anilines is 1. The van der Waals surface area contributed by atoms with Crippen molar-refractivity contribution < 1.29 is 59.9 Å². The smallest absolute Gasteiger partial charge is 0.578 e. The lowest BCUT2D eigenvalue weighted by Gasteiger charge is -2.25. The molecule has 1 N–H and O–H groups in total. The largest absolute Gasteiger partial charge is 0.604 e. The third-order valence-corrected chi connectivity index (χ3v) is 7.09. The summed E-state index contributed by atoms with van der Waals surface area (Å²) in [7, 11) is 0. The summed E-state index contributed by atoms with van der Waals surface area (Å²) >= 11 is 7.87. The van der Waals surface area contributed by atoms with Gasteiger partial charge in [-0.05, 0) is 12.1 Å². The van der Waals surface area contributed by atoms with Gasteiger partial charge in [-0.1, -0.05) is 37.0 Å². The first kappa shape index (κ1) is 35.8. The van der Waals surface area contributed by atoms with Crippen LogP contribution in [0.25, 0.3) is 5.69 Å². The van der Waals surface area contributed by atoms with Crippen LogP contribution >= 0.6 is 23.2 Å². The van der Waals surface area contributed by atoms with Gasteiger partial charge in [0, 0.05) is 25.8 Å². The Morgan fingerprint density at radius 3 is 2.14 bits per heavy atom. The van der Waals surface area contributed by atoms with Crippen LogP contribution in [0.1, 0.15) is 44.4 Å². The van der Waals surface area contributed by atoms with Crippen molar-refractivity contribution in [1.29, 1.82) is 5.26 Å². The van der Waals surface area contributed by atoms with Crippen molar-refractivity contribution in [2.75, 3.05) is 18.1 Å². The number of carbonyl (C=O) groups excluding carboxylic acids is 2. The summed E-state index contributed by atoms with van der Waals surface area (Å²) in [6.45, 7) is 1.43. The molecule has 0 saturated heterocycles. The van der Waals surface area contributed by atoms with Crippen molar-refractivity contribution in [3.8, 4) is 11.8 Å². The number of carboxylic acid groups (broad SMARTS) is 1. The summed E-state index contributed by atoms with van der Waals surface area (Å²) in [4.78, 5) is 34.5. The number of nitrogens with zero attached hydrogens (tertiary/aromatic N) is 4. The highest BCUT2D eigenvalue weighted by Gasteiger charge is 2.52. The van der Waals surface area contributed by atoms with Crippen LogP contribution in [-0.2, 0) is 36.4 Å². The van der Waals surface area contributed by atoms with Gasteiger partial charge < -0.3 is 19.1 Å². The highest BCUT2D eigenvalue weighted by Crippen LogP contribution is 2.43. The molecule has 2 rings (SSSR count). The van der Waals surface area contributed by atoms with E-state index in [0.717, 1.165) is 0 Å². The zero-order chi connectivity index (χ0) is 32.9. The van der Waals surface area contributed by atoms with Crippen molar-refractivity contribution in [3.05, 3.63) is 33.4 Å². The van der Waals surface area contributed by atoms with E-state index >= 15 is 0 Å². The lowest BCUT2D eigenvalue weighted by molar-refractivity contribution is -0.158. The molecule has 43 heavy (non-hydrogen) atoms. The summed E-state index contributed by atoms with van der Waals surface area (Å²) in [5.41, 5.74) is -8.93. The number of carbonyl (C=O) groups is 3. The number of halogens is 8. The van der Waals surface area contributed by atoms with Gasteiger partial charge in [0.1, 0.15) is 35.6 Å². The summed E-state index contributed by atoms with van der Waals surface area (Å²) in [5, 5.41) is 21.3. The molecule has 1 heterocycles. The molecule has 1 aromatic carbocycles. The fourth-order valence-corrected chi connectivity index (χ4v) is 4.88. The molecule has 0 aliphatic heterocycles. The topological polar surface area (TPSA) is 158 Å². The van der Waals surface area contributed by atoms with Crippen molar-refractivity contribution in [3.63, 3.8) is 0 Å². The molecule has 0 fully saturated rings. The van der Waals surface area contributed by atoms with Crippen LogP contribution in [0.15, 0.2) is 17.0 Å². The molecule has 0 bridgehead atoms. The van der Waals surface area contributed by atoms with E-state index in [9.17, 15) is 55.6 Å². The van der Waals surface area contributed by atoms with Crippen LogP contribution in [-0.4, -0.2) is 62.2 Å². The van der Waals surface area contributed by atoms with E-state index in [1.54, 1.807) is 0 Å². The number of aromatic nitrogens is 2. The SMILES string of the molecule is CCC(=O)OCC(CCN(C(=O)O)c1c([S+]([O-])C(F)(F)F)c(C#N)nn1-c1c(Cl)cc(C(F)(F)F)cc1Cl)OC(=O)CC. The van der Waals surface area contributed by atoms with Crippen molar-refractivity contribution in [2.24, 2.45) is 0 Å². The van der Waals surface area contributed by atoms with Crippen LogP contribution < -0.4 is 4.90 Å². The quantitative estimate of drug-likeness (QED) is 0.175. The molecule has 1 aromatic heterocycles. The minimum Gasteiger partial charge on any atom is -0.604 e. The van der Waals surface area contributed by atoms with Gasteiger partial charge in [0.25, 0.3) is 0 Å². The van der Waals surface area contributed by atoms with Gasteiger partial charge in [0.15, 0.2) is 5.82 Å². The zero-order valence-corrected chi connectivity index (χ0v) is 24.2. The second-order valence-electron chi connectivity index (χ2n) is 8.25. The number of hydrogen-bond acceptors (Lipinski definition) is 8.